The van der Waals surface area contributed by atoms with Crippen LogP contribution in [0.25, 0.3) is 11.4 Å². The molecule has 36 heavy (non-hydrogen) atoms. The van der Waals surface area contributed by atoms with E-state index in [0.29, 0.717) is 18.9 Å². The molecule has 0 bridgehead atoms. The lowest BCUT2D eigenvalue weighted by Gasteiger charge is -2.23. The van der Waals surface area contributed by atoms with Crippen LogP contribution in [0, 0.1) is 11.2 Å². The van der Waals surface area contributed by atoms with Crippen molar-refractivity contribution in [3.05, 3.63) is 88.1 Å². The first-order chi connectivity index (χ1) is 17.2. The zero-order chi connectivity index (χ0) is 25.7. The molecule has 3 aromatic rings. The molecule has 4 rings (SSSR count). The highest BCUT2D eigenvalue weighted by Gasteiger charge is 2.25. The number of hydrogen-bond donors (Lipinski definition) is 3. The van der Waals surface area contributed by atoms with Gasteiger partial charge < -0.3 is 25.3 Å². The average Bonchev–Trinajstić information content (AvgIpc) is 2.85. The van der Waals surface area contributed by atoms with Gasteiger partial charge in [-0.15, -0.1) is 0 Å². The second-order valence-electron chi connectivity index (χ2n) is 8.42. The molecule has 1 unspecified atom stereocenters. The number of allylic oxidation sites excluding steroid dienone is 1. The van der Waals surface area contributed by atoms with Crippen LogP contribution in [0.2, 0.25) is 0 Å². The SMILES string of the molecule is BC(O)(F)Oc1cn(-c2ccc(C3CCOCC3)cc2F)nc(/C(=C/C=N)Nc2ccccc2)c1=O. The van der Waals surface area contributed by atoms with Gasteiger partial charge in [0, 0.05) is 25.1 Å². The Bertz CT molecular complexity index is 1320. The van der Waals surface area contributed by atoms with E-state index in [0.717, 1.165) is 43.3 Å². The molecule has 0 aliphatic carbocycles. The number of hydrogen-bond acceptors (Lipinski definition) is 7. The van der Waals surface area contributed by atoms with Gasteiger partial charge in [-0.2, -0.15) is 9.49 Å². The van der Waals surface area contributed by atoms with E-state index < -0.39 is 22.9 Å². The van der Waals surface area contributed by atoms with Gasteiger partial charge in [0.1, 0.15) is 11.5 Å². The third kappa shape index (κ3) is 6.05. The van der Waals surface area contributed by atoms with Crippen molar-refractivity contribution in [3.8, 4) is 11.4 Å². The monoisotopic (exact) mass is 494 g/mol. The minimum Gasteiger partial charge on any atom is -0.438 e. The minimum absolute atomic E-state index is 0.00988. The van der Waals surface area contributed by atoms with Crippen LogP contribution in [-0.4, -0.2) is 48.1 Å². The quantitative estimate of drug-likeness (QED) is 0.253. The largest absolute Gasteiger partial charge is 0.438 e. The molecule has 8 nitrogen and oxygen atoms in total. The second-order valence-corrected chi connectivity index (χ2v) is 8.42. The summed E-state index contributed by atoms with van der Waals surface area (Å²) in [6.07, 6.45) is 4.80. The maximum Gasteiger partial charge on any atom is 0.305 e. The van der Waals surface area contributed by atoms with Crippen LogP contribution >= 0.6 is 0 Å². The number of para-hydroxylation sites is 1. The van der Waals surface area contributed by atoms with Gasteiger partial charge in [0.2, 0.25) is 7.85 Å². The van der Waals surface area contributed by atoms with Gasteiger partial charge in [-0.05, 0) is 54.7 Å². The van der Waals surface area contributed by atoms with Crippen molar-refractivity contribution in [2.24, 2.45) is 0 Å². The molecule has 1 aliphatic rings. The molecule has 0 radical (unpaired) electrons. The van der Waals surface area contributed by atoms with E-state index in [2.05, 4.69) is 10.4 Å². The first-order valence-electron chi connectivity index (χ1n) is 11.4. The molecular formula is C25H25BF2N4O4. The summed E-state index contributed by atoms with van der Waals surface area (Å²) in [5.74, 6) is -4.20. The lowest BCUT2D eigenvalue weighted by molar-refractivity contribution is -0.165. The fraction of sp³-hybridized carbons (Fsp3) is 0.240. The zero-order valence-corrected chi connectivity index (χ0v) is 19.6. The molecule has 3 N–H and O–H groups in total. The maximum atomic E-state index is 15.3. The van der Waals surface area contributed by atoms with Crippen molar-refractivity contribution in [2.75, 3.05) is 18.5 Å². The summed E-state index contributed by atoms with van der Waals surface area (Å²) in [5, 5.41) is 24.3. The predicted octanol–water partition coefficient (Wildman–Crippen LogP) is 2.95. The fourth-order valence-electron chi connectivity index (χ4n) is 3.98. The summed E-state index contributed by atoms with van der Waals surface area (Å²) in [4.78, 5) is 13.1. The Morgan fingerprint density at radius 3 is 2.64 bits per heavy atom. The fourth-order valence-corrected chi connectivity index (χ4v) is 3.98. The number of nitrogens with one attached hydrogen (secondary N) is 2. The molecule has 1 saturated heterocycles. The summed E-state index contributed by atoms with van der Waals surface area (Å²) in [6, 6.07) is 13.5. The summed E-state index contributed by atoms with van der Waals surface area (Å²) >= 11 is 0. The van der Waals surface area contributed by atoms with Gasteiger partial charge in [0.05, 0.1) is 11.9 Å². The Morgan fingerprint density at radius 1 is 1.28 bits per heavy atom. The molecule has 2 heterocycles. The van der Waals surface area contributed by atoms with E-state index in [1.807, 2.05) is 0 Å². The summed E-state index contributed by atoms with van der Waals surface area (Å²) < 4.78 is 40.5. The molecule has 1 aromatic heterocycles. The summed E-state index contributed by atoms with van der Waals surface area (Å²) in [5.41, 5.74) is 0.368. The Labute approximate surface area is 207 Å². The lowest BCUT2D eigenvalue weighted by Crippen LogP contribution is -2.34. The number of aromatic nitrogens is 2. The molecule has 0 amide bonds. The third-order valence-corrected chi connectivity index (χ3v) is 5.65. The minimum atomic E-state index is -3.17. The van der Waals surface area contributed by atoms with E-state index >= 15 is 4.39 Å². The van der Waals surface area contributed by atoms with Crippen LogP contribution in [0.4, 0.5) is 14.5 Å². The van der Waals surface area contributed by atoms with Gasteiger partial charge in [0.25, 0.3) is 5.43 Å². The number of ether oxygens (including phenoxy) is 2. The molecular weight excluding hydrogens is 469 g/mol. The standard InChI is InChI=1S/C25H25BF2N4O4/c26-25(28,34)36-22-15-32(21-7-6-17(14-19(21)27)16-9-12-35-13-10-16)31-23(24(22)33)20(8-11-29)30-18-4-2-1-3-5-18/h1-8,11,14-16,29-30,34H,9-10,12-13,26H2/b20-8-,29-11?. The van der Waals surface area contributed by atoms with Crippen LogP contribution in [0.15, 0.2) is 65.6 Å². The van der Waals surface area contributed by atoms with Crippen molar-refractivity contribution in [2.45, 2.75) is 24.7 Å². The van der Waals surface area contributed by atoms with Gasteiger partial charge >= 0.3 is 5.94 Å². The molecule has 1 atom stereocenters. The van der Waals surface area contributed by atoms with Crippen molar-refractivity contribution in [1.29, 1.82) is 5.41 Å². The van der Waals surface area contributed by atoms with Crippen LogP contribution < -0.4 is 15.5 Å². The van der Waals surface area contributed by atoms with Crippen LogP contribution in [-0.2, 0) is 4.74 Å². The first-order valence-corrected chi connectivity index (χ1v) is 11.4. The molecule has 0 spiro atoms. The Hall–Kier alpha value is -3.83. The van der Waals surface area contributed by atoms with Crippen molar-refractivity contribution < 1.29 is 23.4 Å². The molecule has 1 fully saturated rings. The van der Waals surface area contributed by atoms with E-state index in [1.165, 1.54) is 18.2 Å². The maximum absolute atomic E-state index is 15.3. The number of anilines is 1. The highest BCUT2D eigenvalue weighted by atomic mass is 19.2. The van der Waals surface area contributed by atoms with Crippen molar-refractivity contribution >= 4 is 25.4 Å². The number of alkyl halides is 1. The van der Waals surface area contributed by atoms with Gasteiger partial charge in [-0.1, -0.05) is 24.3 Å². The Kier molecular flexibility index (Phi) is 7.61. The smallest absolute Gasteiger partial charge is 0.305 e. The van der Waals surface area contributed by atoms with Crippen LogP contribution in [0.1, 0.15) is 30.0 Å². The number of halogens is 2. The zero-order valence-electron chi connectivity index (χ0n) is 19.6. The molecule has 1 aliphatic heterocycles. The highest BCUT2D eigenvalue weighted by Crippen LogP contribution is 2.29. The highest BCUT2D eigenvalue weighted by molar-refractivity contribution is 6.12. The number of aliphatic hydroxyl groups is 1. The Balaban J connectivity index is 1.81. The predicted molar refractivity (Wildman–Crippen MR) is 135 cm³/mol. The van der Waals surface area contributed by atoms with Gasteiger partial charge in [0.15, 0.2) is 11.4 Å². The van der Waals surface area contributed by atoms with Gasteiger partial charge in [-0.3, -0.25) is 4.79 Å². The lowest BCUT2D eigenvalue weighted by atomic mass is 9.91. The Morgan fingerprint density at radius 2 is 2.00 bits per heavy atom. The number of benzene rings is 2. The second kappa shape index (κ2) is 10.8. The van der Waals surface area contributed by atoms with E-state index in [4.69, 9.17) is 14.9 Å². The summed E-state index contributed by atoms with van der Waals surface area (Å²) in [6.45, 7) is 1.22. The summed E-state index contributed by atoms with van der Waals surface area (Å²) in [7, 11) is 0.719. The molecule has 0 saturated carbocycles. The average molecular weight is 494 g/mol. The topological polar surface area (TPSA) is 109 Å². The van der Waals surface area contributed by atoms with Gasteiger partial charge in [-0.25, -0.2) is 9.07 Å². The molecule has 2 aromatic carbocycles. The first kappa shape index (κ1) is 25.3. The number of rotatable bonds is 8. The number of nitrogens with zero attached hydrogens (tertiary/aromatic N) is 2. The van der Waals surface area contributed by atoms with Crippen molar-refractivity contribution in [1.82, 2.24) is 9.78 Å². The molecule has 186 valence electrons. The normalized spacial score (nSPS) is 16.2. The van der Waals surface area contributed by atoms with Crippen LogP contribution in [0.3, 0.4) is 0 Å². The van der Waals surface area contributed by atoms with Crippen molar-refractivity contribution in [3.63, 3.8) is 0 Å². The van der Waals surface area contributed by atoms with E-state index in [1.54, 1.807) is 36.4 Å². The van der Waals surface area contributed by atoms with Crippen LogP contribution in [0.5, 0.6) is 5.75 Å². The van der Waals surface area contributed by atoms with E-state index in [-0.39, 0.29) is 23.0 Å². The van der Waals surface area contributed by atoms with E-state index in [9.17, 15) is 14.3 Å². The molecule has 11 heteroatoms. The third-order valence-electron chi connectivity index (χ3n) is 5.65.